The molecular weight excluding hydrogens is 230 g/mol. The van der Waals surface area contributed by atoms with Gasteiger partial charge in [-0.3, -0.25) is 4.98 Å². The van der Waals surface area contributed by atoms with Gasteiger partial charge in [0.25, 0.3) is 0 Å². The van der Waals surface area contributed by atoms with Crippen molar-refractivity contribution < 1.29 is 0 Å². The summed E-state index contributed by atoms with van der Waals surface area (Å²) in [5.74, 6) is 0. The standard InChI is InChI=1S/C13H15N3S/c1-9-4-5-14-7-12(9)13-16-11(8-17-13)6-15-10-2-3-10/h4-5,7-8,10,15H,2-3,6H2,1H3. The third kappa shape index (κ3) is 2.53. The van der Waals surface area contributed by atoms with Gasteiger partial charge in [0, 0.05) is 35.9 Å². The molecule has 0 spiro atoms. The van der Waals surface area contributed by atoms with Crippen LogP contribution < -0.4 is 5.32 Å². The summed E-state index contributed by atoms with van der Waals surface area (Å²) < 4.78 is 0. The monoisotopic (exact) mass is 245 g/mol. The van der Waals surface area contributed by atoms with Gasteiger partial charge in [0.15, 0.2) is 0 Å². The highest BCUT2D eigenvalue weighted by Crippen LogP contribution is 2.26. The Balaban J connectivity index is 1.77. The maximum atomic E-state index is 4.66. The lowest BCUT2D eigenvalue weighted by Crippen LogP contribution is -2.15. The van der Waals surface area contributed by atoms with Crippen LogP contribution in [-0.4, -0.2) is 16.0 Å². The number of hydrogen-bond acceptors (Lipinski definition) is 4. The molecule has 0 aromatic carbocycles. The normalized spacial score (nSPS) is 15.1. The van der Waals surface area contributed by atoms with Crippen molar-refractivity contribution >= 4 is 11.3 Å². The van der Waals surface area contributed by atoms with Crippen molar-refractivity contribution in [2.45, 2.75) is 32.4 Å². The summed E-state index contributed by atoms with van der Waals surface area (Å²) in [6.07, 6.45) is 6.35. The summed E-state index contributed by atoms with van der Waals surface area (Å²) in [6.45, 7) is 2.99. The van der Waals surface area contributed by atoms with Gasteiger partial charge in [-0.05, 0) is 31.4 Å². The lowest BCUT2D eigenvalue weighted by atomic mass is 10.2. The molecule has 0 aliphatic heterocycles. The van der Waals surface area contributed by atoms with Gasteiger partial charge in [-0.2, -0.15) is 0 Å². The first-order valence-corrected chi connectivity index (χ1v) is 6.79. The molecular formula is C13H15N3S. The Morgan fingerprint density at radius 1 is 1.47 bits per heavy atom. The highest BCUT2D eigenvalue weighted by atomic mass is 32.1. The third-order valence-corrected chi connectivity index (χ3v) is 3.89. The Morgan fingerprint density at radius 3 is 3.12 bits per heavy atom. The van der Waals surface area contributed by atoms with Gasteiger partial charge in [0.2, 0.25) is 0 Å². The van der Waals surface area contributed by atoms with Crippen molar-refractivity contribution in [1.82, 2.24) is 15.3 Å². The number of hydrogen-bond donors (Lipinski definition) is 1. The lowest BCUT2D eigenvalue weighted by molar-refractivity contribution is 0.678. The third-order valence-electron chi connectivity index (χ3n) is 2.97. The Morgan fingerprint density at radius 2 is 2.35 bits per heavy atom. The van der Waals surface area contributed by atoms with Crippen LogP contribution in [0.25, 0.3) is 10.6 Å². The van der Waals surface area contributed by atoms with E-state index >= 15 is 0 Å². The minimum absolute atomic E-state index is 0.736. The van der Waals surface area contributed by atoms with Crippen molar-refractivity contribution in [3.8, 4) is 10.6 Å². The second kappa shape index (κ2) is 4.55. The van der Waals surface area contributed by atoms with Gasteiger partial charge in [-0.1, -0.05) is 0 Å². The molecule has 3 nitrogen and oxygen atoms in total. The molecule has 0 unspecified atom stereocenters. The molecule has 0 atom stereocenters. The van der Waals surface area contributed by atoms with Crippen LogP contribution in [0.5, 0.6) is 0 Å². The van der Waals surface area contributed by atoms with E-state index in [0.717, 1.165) is 28.9 Å². The molecule has 0 saturated heterocycles. The number of thiazole rings is 1. The highest BCUT2D eigenvalue weighted by Gasteiger charge is 2.20. The molecule has 1 aliphatic carbocycles. The minimum atomic E-state index is 0.736. The SMILES string of the molecule is Cc1ccncc1-c1nc(CNC2CC2)cs1. The maximum absolute atomic E-state index is 4.66. The van der Waals surface area contributed by atoms with Crippen LogP contribution in [0.15, 0.2) is 23.8 Å². The molecule has 1 N–H and O–H groups in total. The van der Waals surface area contributed by atoms with E-state index in [1.807, 2.05) is 18.5 Å². The first-order valence-electron chi connectivity index (χ1n) is 5.92. The van der Waals surface area contributed by atoms with Crippen molar-refractivity contribution in [3.05, 3.63) is 35.1 Å². The topological polar surface area (TPSA) is 37.8 Å². The zero-order chi connectivity index (χ0) is 11.7. The van der Waals surface area contributed by atoms with Crippen molar-refractivity contribution in [1.29, 1.82) is 0 Å². The van der Waals surface area contributed by atoms with Crippen LogP contribution >= 0.6 is 11.3 Å². The summed E-state index contributed by atoms with van der Waals surface area (Å²) in [7, 11) is 0. The molecule has 0 bridgehead atoms. The predicted octanol–water partition coefficient (Wildman–Crippen LogP) is 2.77. The lowest BCUT2D eigenvalue weighted by Gasteiger charge is -2.00. The Bertz CT molecular complexity index is 517. The molecule has 88 valence electrons. The fraction of sp³-hybridized carbons (Fsp3) is 0.385. The van der Waals surface area contributed by atoms with Gasteiger partial charge < -0.3 is 5.32 Å². The predicted molar refractivity (Wildman–Crippen MR) is 69.9 cm³/mol. The largest absolute Gasteiger partial charge is 0.308 e. The average molecular weight is 245 g/mol. The summed E-state index contributed by atoms with van der Waals surface area (Å²) in [6, 6.07) is 2.76. The molecule has 4 heteroatoms. The van der Waals surface area contributed by atoms with E-state index in [1.165, 1.54) is 18.4 Å². The first kappa shape index (κ1) is 10.9. The first-order chi connectivity index (χ1) is 8.33. The average Bonchev–Trinajstić information content (AvgIpc) is 3.06. The minimum Gasteiger partial charge on any atom is -0.308 e. The number of aromatic nitrogens is 2. The second-order valence-corrected chi connectivity index (χ2v) is 5.35. The van der Waals surface area contributed by atoms with Crippen molar-refractivity contribution in [3.63, 3.8) is 0 Å². The molecule has 2 aromatic rings. The maximum Gasteiger partial charge on any atom is 0.125 e. The van der Waals surface area contributed by atoms with Crippen LogP contribution in [0.3, 0.4) is 0 Å². The molecule has 1 fully saturated rings. The Hall–Kier alpha value is -1.26. The van der Waals surface area contributed by atoms with E-state index in [9.17, 15) is 0 Å². The Kier molecular flexibility index (Phi) is 2.91. The van der Waals surface area contributed by atoms with Crippen LogP contribution in [0.1, 0.15) is 24.1 Å². The summed E-state index contributed by atoms with van der Waals surface area (Å²) >= 11 is 1.70. The number of pyridine rings is 1. The van der Waals surface area contributed by atoms with E-state index < -0.39 is 0 Å². The van der Waals surface area contributed by atoms with Gasteiger partial charge in [0.1, 0.15) is 5.01 Å². The molecule has 17 heavy (non-hydrogen) atoms. The molecule has 0 amide bonds. The molecule has 3 rings (SSSR count). The van der Waals surface area contributed by atoms with Gasteiger partial charge in [-0.15, -0.1) is 11.3 Å². The molecule has 2 aromatic heterocycles. The van der Waals surface area contributed by atoms with Crippen molar-refractivity contribution in [2.75, 3.05) is 0 Å². The van der Waals surface area contributed by atoms with E-state index in [2.05, 4.69) is 27.6 Å². The number of nitrogens with one attached hydrogen (secondary N) is 1. The zero-order valence-electron chi connectivity index (χ0n) is 9.81. The van der Waals surface area contributed by atoms with E-state index in [1.54, 1.807) is 11.3 Å². The Labute approximate surface area is 105 Å². The summed E-state index contributed by atoms with van der Waals surface area (Å²) in [5.41, 5.74) is 3.52. The van der Waals surface area contributed by atoms with Crippen LogP contribution in [-0.2, 0) is 6.54 Å². The van der Waals surface area contributed by atoms with Crippen LogP contribution in [0.4, 0.5) is 0 Å². The fourth-order valence-corrected chi connectivity index (χ4v) is 2.63. The highest BCUT2D eigenvalue weighted by molar-refractivity contribution is 7.13. The number of rotatable bonds is 4. The van der Waals surface area contributed by atoms with Gasteiger partial charge in [0.05, 0.1) is 5.69 Å². The van der Waals surface area contributed by atoms with Gasteiger partial charge in [-0.25, -0.2) is 4.98 Å². The molecule has 1 saturated carbocycles. The smallest absolute Gasteiger partial charge is 0.125 e. The van der Waals surface area contributed by atoms with E-state index in [0.29, 0.717) is 0 Å². The van der Waals surface area contributed by atoms with Crippen molar-refractivity contribution in [2.24, 2.45) is 0 Å². The molecule has 2 heterocycles. The van der Waals surface area contributed by atoms with E-state index in [-0.39, 0.29) is 0 Å². The van der Waals surface area contributed by atoms with Gasteiger partial charge >= 0.3 is 0 Å². The quantitative estimate of drug-likeness (QED) is 0.900. The number of aryl methyl sites for hydroxylation is 1. The molecule has 1 aliphatic rings. The summed E-state index contributed by atoms with van der Waals surface area (Å²) in [5, 5.41) is 6.69. The summed E-state index contributed by atoms with van der Waals surface area (Å²) in [4.78, 5) is 8.82. The fourth-order valence-electron chi connectivity index (χ4n) is 1.74. The zero-order valence-corrected chi connectivity index (χ0v) is 10.6. The molecule has 0 radical (unpaired) electrons. The number of nitrogens with zero attached hydrogens (tertiary/aromatic N) is 2. The van der Waals surface area contributed by atoms with E-state index in [4.69, 9.17) is 0 Å². The van der Waals surface area contributed by atoms with Crippen LogP contribution in [0, 0.1) is 6.92 Å². The van der Waals surface area contributed by atoms with Crippen LogP contribution in [0.2, 0.25) is 0 Å². The second-order valence-electron chi connectivity index (χ2n) is 4.49.